The smallest absolute Gasteiger partial charge is 0.442 e. The van der Waals surface area contributed by atoms with Crippen LogP contribution >= 0.6 is 0 Å². The van der Waals surface area contributed by atoms with Crippen molar-refractivity contribution in [1.82, 2.24) is 15.0 Å². The van der Waals surface area contributed by atoms with E-state index in [2.05, 4.69) is 5.10 Å². The lowest BCUT2D eigenvalue weighted by molar-refractivity contribution is -0.176. The summed E-state index contributed by atoms with van der Waals surface area (Å²) in [4.78, 5) is 58.1. The van der Waals surface area contributed by atoms with Gasteiger partial charge >= 0.3 is 12.2 Å². The van der Waals surface area contributed by atoms with Crippen LogP contribution in [0.5, 0.6) is 0 Å². The van der Waals surface area contributed by atoms with Gasteiger partial charge in [-0.2, -0.15) is 5.10 Å². The van der Waals surface area contributed by atoms with Crippen molar-refractivity contribution in [2.45, 2.75) is 65.2 Å². The molecule has 0 fully saturated rings. The number of ether oxygens (including phenoxy) is 2. The zero-order chi connectivity index (χ0) is 26.9. The molecular formula is C24H34N4O7. The van der Waals surface area contributed by atoms with Crippen LogP contribution in [0.2, 0.25) is 0 Å². The molecule has 0 aromatic heterocycles. The highest BCUT2D eigenvalue weighted by Gasteiger charge is 2.57. The number of amides is 3. The second-order valence-corrected chi connectivity index (χ2v) is 10.5. The SMILES string of the molecule is CN(C)C(=O)c1ccc(C2=NN(C)C(=O)C2(C)N(OC(=O)OC(C)(C)C)C(=O)OC(C)(C)C)cc1. The molecule has 0 N–H and O–H groups in total. The van der Waals surface area contributed by atoms with E-state index in [4.69, 9.17) is 14.3 Å². The fraction of sp³-hybridized carbons (Fsp3) is 0.542. The van der Waals surface area contributed by atoms with Crippen molar-refractivity contribution in [2.75, 3.05) is 21.1 Å². The highest BCUT2D eigenvalue weighted by Crippen LogP contribution is 2.32. The van der Waals surface area contributed by atoms with Gasteiger partial charge in [0.25, 0.3) is 11.8 Å². The molecule has 1 aliphatic heterocycles. The molecular weight excluding hydrogens is 456 g/mol. The van der Waals surface area contributed by atoms with E-state index in [1.54, 1.807) is 79.9 Å². The molecule has 192 valence electrons. The zero-order valence-electron chi connectivity index (χ0n) is 22.0. The monoisotopic (exact) mass is 490 g/mol. The minimum absolute atomic E-state index is 0.114. The number of carbonyl (C=O) groups is 4. The Labute approximate surface area is 205 Å². The predicted octanol–water partition coefficient (Wildman–Crippen LogP) is 3.43. The molecule has 0 radical (unpaired) electrons. The molecule has 0 spiro atoms. The fourth-order valence-electron chi connectivity index (χ4n) is 3.22. The quantitative estimate of drug-likeness (QED) is 0.470. The van der Waals surface area contributed by atoms with Gasteiger partial charge in [-0.25, -0.2) is 14.6 Å². The Hall–Kier alpha value is -3.63. The summed E-state index contributed by atoms with van der Waals surface area (Å²) in [6.45, 7) is 11.2. The third kappa shape index (κ3) is 6.28. The summed E-state index contributed by atoms with van der Waals surface area (Å²) < 4.78 is 10.6. The number of carbonyl (C=O) groups excluding carboxylic acids is 4. The lowest BCUT2D eigenvalue weighted by Crippen LogP contribution is -2.61. The third-order valence-corrected chi connectivity index (χ3v) is 4.75. The van der Waals surface area contributed by atoms with E-state index in [-0.39, 0.29) is 11.6 Å². The van der Waals surface area contributed by atoms with Crippen LogP contribution in [0.1, 0.15) is 64.4 Å². The van der Waals surface area contributed by atoms with E-state index in [1.807, 2.05) is 0 Å². The maximum Gasteiger partial charge on any atom is 0.534 e. The average molecular weight is 491 g/mol. The van der Waals surface area contributed by atoms with Crippen LogP contribution in [0.15, 0.2) is 29.4 Å². The molecule has 0 saturated heterocycles. The van der Waals surface area contributed by atoms with Gasteiger partial charge < -0.3 is 14.4 Å². The number of likely N-dealkylation sites (N-methyl/N-ethyl adjacent to an activating group) is 1. The molecule has 0 bridgehead atoms. The number of hydrazone groups is 1. The Kier molecular flexibility index (Phi) is 7.54. The number of benzene rings is 1. The molecule has 0 saturated carbocycles. The molecule has 11 heteroatoms. The van der Waals surface area contributed by atoms with Crippen molar-refractivity contribution >= 4 is 29.8 Å². The van der Waals surface area contributed by atoms with Crippen LogP contribution in [0.3, 0.4) is 0 Å². The minimum atomic E-state index is -1.89. The maximum absolute atomic E-state index is 13.3. The molecule has 1 unspecified atom stereocenters. The largest absolute Gasteiger partial charge is 0.534 e. The first kappa shape index (κ1) is 27.6. The van der Waals surface area contributed by atoms with Crippen LogP contribution in [0.25, 0.3) is 0 Å². The van der Waals surface area contributed by atoms with Crippen molar-refractivity contribution in [2.24, 2.45) is 5.10 Å². The van der Waals surface area contributed by atoms with Crippen molar-refractivity contribution in [3.05, 3.63) is 35.4 Å². The Morgan fingerprint density at radius 2 is 1.46 bits per heavy atom. The van der Waals surface area contributed by atoms with Gasteiger partial charge in [-0.3, -0.25) is 14.4 Å². The number of nitrogens with zero attached hydrogens (tertiary/aromatic N) is 4. The lowest BCUT2D eigenvalue weighted by Gasteiger charge is -2.36. The highest BCUT2D eigenvalue weighted by atomic mass is 16.8. The average Bonchev–Trinajstić information content (AvgIpc) is 2.93. The summed E-state index contributed by atoms with van der Waals surface area (Å²) in [5.74, 6) is -0.847. The first-order valence-electron chi connectivity index (χ1n) is 11.0. The molecule has 1 aliphatic rings. The standard InChI is InChI=1S/C24H34N4O7/c1-22(2,3)33-20(31)28(35-21(32)34-23(4,5)6)24(7)17(25-27(10)19(24)30)15-11-13-16(14-12-15)18(29)26(8)9/h11-14H,1-10H3. The van der Waals surface area contributed by atoms with E-state index in [9.17, 15) is 19.2 Å². The van der Waals surface area contributed by atoms with E-state index in [1.165, 1.54) is 18.9 Å². The van der Waals surface area contributed by atoms with Gasteiger partial charge in [-0.05, 0) is 60.6 Å². The Morgan fingerprint density at radius 1 is 0.943 bits per heavy atom. The zero-order valence-corrected chi connectivity index (χ0v) is 22.0. The van der Waals surface area contributed by atoms with Gasteiger partial charge in [0, 0.05) is 32.3 Å². The van der Waals surface area contributed by atoms with E-state index < -0.39 is 34.9 Å². The van der Waals surface area contributed by atoms with E-state index in [0.717, 1.165) is 5.01 Å². The molecule has 35 heavy (non-hydrogen) atoms. The first-order chi connectivity index (χ1) is 15.9. The van der Waals surface area contributed by atoms with Gasteiger partial charge in [0.2, 0.25) is 5.54 Å². The second kappa shape index (κ2) is 9.55. The van der Waals surface area contributed by atoms with Crippen LogP contribution in [0.4, 0.5) is 9.59 Å². The van der Waals surface area contributed by atoms with Crippen LogP contribution in [0, 0.1) is 0 Å². The number of hydroxylamine groups is 2. The molecule has 2 rings (SSSR count). The van der Waals surface area contributed by atoms with Crippen molar-refractivity contribution in [3.63, 3.8) is 0 Å². The Bertz CT molecular complexity index is 1040. The molecule has 0 aliphatic carbocycles. The lowest BCUT2D eigenvalue weighted by atomic mass is 9.89. The molecule has 1 aromatic carbocycles. The van der Waals surface area contributed by atoms with Gasteiger partial charge in [0.15, 0.2) is 0 Å². The van der Waals surface area contributed by atoms with Gasteiger partial charge in [0.05, 0.1) is 0 Å². The van der Waals surface area contributed by atoms with Crippen molar-refractivity contribution < 1.29 is 33.5 Å². The molecule has 1 atom stereocenters. The molecule has 1 aromatic rings. The maximum atomic E-state index is 13.3. The summed E-state index contributed by atoms with van der Waals surface area (Å²) in [7, 11) is 4.68. The van der Waals surface area contributed by atoms with Gasteiger partial charge in [-0.1, -0.05) is 12.1 Å². The van der Waals surface area contributed by atoms with Crippen LogP contribution < -0.4 is 0 Å². The summed E-state index contributed by atoms with van der Waals surface area (Å²) in [6, 6.07) is 6.36. The molecule has 11 nitrogen and oxygen atoms in total. The molecule has 3 amide bonds. The Morgan fingerprint density at radius 3 is 1.91 bits per heavy atom. The summed E-state index contributed by atoms with van der Waals surface area (Å²) in [6.07, 6.45) is -2.28. The summed E-state index contributed by atoms with van der Waals surface area (Å²) >= 11 is 0. The topological polar surface area (TPSA) is 118 Å². The second-order valence-electron chi connectivity index (χ2n) is 10.5. The number of rotatable bonds is 3. The summed E-state index contributed by atoms with van der Waals surface area (Å²) in [5.41, 5.74) is -2.79. The molecule has 1 heterocycles. The summed E-state index contributed by atoms with van der Waals surface area (Å²) in [5, 5.41) is 5.90. The van der Waals surface area contributed by atoms with Crippen molar-refractivity contribution in [1.29, 1.82) is 0 Å². The minimum Gasteiger partial charge on any atom is -0.442 e. The number of hydrogen-bond acceptors (Lipinski definition) is 8. The Balaban J connectivity index is 2.56. The predicted molar refractivity (Wildman–Crippen MR) is 128 cm³/mol. The first-order valence-corrected chi connectivity index (χ1v) is 11.0. The normalized spacial score (nSPS) is 18.1. The highest BCUT2D eigenvalue weighted by molar-refractivity contribution is 6.24. The van der Waals surface area contributed by atoms with Crippen molar-refractivity contribution in [3.8, 4) is 0 Å². The van der Waals surface area contributed by atoms with Crippen LogP contribution in [-0.2, 0) is 19.1 Å². The third-order valence-electron chi connectivity index (χ3n) is 4.75. The van der Waals surface area contributed by atoms with Gasteiger partial charge in [0.1, 0.15) is 16.9 Å². The fourth-order valence-corrected chi connectivity index (χ4v) is 3.22. The number of hydrogen-bond donors (Lipinski definition) is 0. The van der Waals surface area contributed by atoms with Gasteiger partial charge in [-0.15, -0.1) is 5.06 Å². The van der Waals surface area contributed by atoms with E-state index in [0.29, 0.717) is 16.2 Å². The van der Waals surface area contributed by atoms with E-state index >= 15 is 0 Å². The van der Waals surface area contributed by atoms with Crippen LogP contribution in [-0.4, -0.2) is 82.6 Å².